The molecular formula is C32H39O3P. The van der Waals surface area contributed by atoms with Crippen LogP contribution in [-0.2, 0) is 4.57 Å². The molecule has 2 unspecified atom stereocenters. The highest BCUT2D eigenvalue weighted by Gasteiger charge is 2.53. The van der Waals surface area contributed by atoms with E-state index in [1.54, 1.807) is 0 Å². The fourth-order valence-electron chi connectivity index (χ4n) is 6.10. The predicted octanol–water partition coefficient (Wildman–Crippen LogP) is 8.43. The van der Waals surface area contributed by atoms with Gasteiger partial charge in [0.15, 0.2) is 20.0 Å². The molecule has 0 bridgehead atoms. The molecule has 190 valence electrons. The first-order chi connectivity index (χ1) is 16.8. The number of hydrogen-bond acceptors (Lipinski definition) is 3. The number of carbonyl (C=O) groups is 2. The molecule has 0 fully saturated rings. The Bertz CT molecular complexity index is 1260. The summed E-state index contributed by atoms with van der Waals surface area (Å²) in [4.78, 5) is 28.9. The zero-order chi connectivity index (χ0) is 27.1. The molecule has 2 aromatic rings. The second kappa shape index (κ2) is 10.4. The molecular weight excluding hydrogens is 463 g/mol. The van der Waals surface area contributed by atoms with Gasteiger partial charge in [-0.1, -0.05) is 75.2 Å². The number of rotatable bonds is 7. The van der Waals surface area contributed by atoms with Gasteiger partial charge in [-0.05, 0) is 81.2 Å². The summed E-state index contributed by atoms with van der Waals surface area (Å²) in [5.41, 5.74) is 6.58. The smallest absolute Gasteiger partial charge is 0.190 e. The Morgan fingerprint density at radius 3 is 1.61 bits per heavy atom. The molecule has 4 heteroatoms. The van der Waals surface area contributed by atoms with Crippen molar-refractivity contribution >= 4 is 20.0 Å². The molecule has 0 aliphatic heterocycles. The Labute approximate surface area is 218 Å². The van der Waals surface area contributed by atoms with Gasteiger partial charge in [-0.2, -0.15) is 0 Å². The van der Waals surface area contributed by atoms with Crippen LogP contribution in [0, 0.1) is 58.8 Å². The van der Waals surface area contributed by atoms with E-state index in [1.807, 2.05) is 106 Å². The average molecular weight is 503 g/mol. The van der Waals surface area contributed by atoms with E-state index in [2.05, 4.69) is 0 Å². The van der Waals surface area contributed by atoms with Crippen LogP contribution in [0.4, 0.5) is 0 Å². The van der Waals surface area contributed by atoms with E-state index >= 15 is 0 Å². The van der Waals surface area contributed by atoms with Crippen molar-refractivity contribution in [2.24, 2.45) is 17.3 Å². The monoisotopic (exact) mass is 502 g/mol. The maximum absolute atomic E-state index is 14.5. The molecule has 36 heavy (non-hydrogen) atoms. The topological polar surface area (TPSA) is 51.2 Å². The van der Waals surface area contributed by atoms with Crippen molar-refractivity contribution in [3.05, 3.63) is 92.1 Å². The Morgan fingerprint density at radius 2 is 1.22 bits per heavy atom. The Balaban J connectivity index is 2.33. The summed E-state index contributed by atoms with van der Waals surface area (Å²) in [5, 5.41) is 0. The fourth-order valence-corrected chi connectivity index (χ4v) is 7.15. The average Bonchev–Trinajstić information content (AvgIpc) is 2.75. The van der Waals surface area contributed by atoms with Crippen LogP contribution < -0.4 is 0 Å². The van der Waals surface area contributed by atoms with Crippen LogP contribution in [0.1, 0.15) is 81.8 Å². The molecule has 0 amide bonds. The van der Waals surface area contributed by atoms with Crippen molar-refractivity contribution in [3.8, 4) is 0 Å². The summed E-state index contributed by atoms with van der Waals surface area (Å²) in [6.07, 6.45) is 3.89. The first-order valence-electron chi connectivity index (χ1n) is 12.8. The molecule has 0 saturated carbocycles. The lowest BCUT2D eigenvalue weighted by Gasteiger charge is -2.42. The number of ketones is 2. The van der Waals surface area contributed by atoms with E-state index in [9.17, 15) is 14.2 Å². The lowest BCUT2D eigenvalue weighted by Crippen LogP contribution is -2.47. The normalized spacial score (nSPS) is 20.1. The van der Waals surface area contributed by atoms with Crippen LogP contribution >= 0.6 is 8.46 Å². The van der Waals surface area contributed by atoms with Crippen molar-refractivity contribution in [2.75, 3.05) is 0 Å². The maximum atomic E-state index is 14.5. The number of Topliss-reactive ketones (excluding diaryl/α,β-unsaturated/α-hetero) is 2. The minimum absolute atomic E-state index is 0.0404. The second-order valence-corrected chi connectivity index (χ2v) is 11.9. The Hall–Kier alpha value is -2.64. The van der Waals surface area contributed by atoms with E-state index in [-0.39, 0.29) is 31.9 Å². The molecule has 0 saturated heterocycles. The summed E-state index contributed by atoms with van der Waals surface area (Å²) in [5.74, 6) is -0.327. The van der Waals surface area contributed by atoms with E-state index in [4.69, 9.17) is 0 Å². The van der Waals surface area contributed by atoms with Gasteiger partial charge < -0.3 is 0 Å². The summed E-state index contributed by atoms with van der Waals surface area (Å²) >= 11 is 0. The highest BCUT2D eigenvalue weighted by Crippen LogP contribution is 2.51. The minimum Gasteiger partial charge on any atom is -0.293 e. The lowest BCUT2D eigenvalue weighted by atomic mass is 9.62. The lowest BCUT2D eigenvalue weighted by molar-refractivity contribution is 0.0785. The molecule has 0 spiro atoms. The molecule has 2 aromatic carbocycles. The molecule has 1 aliphatic rings. The summed E-state index contributed by atoms with van der Waals surface area (Å²) in [6, 6.07) is 8.06. The van der Waals surface area contributed by atoms with Crippen LogP contribution in [0.3, 0.4) is 0 Å². The number of hydrogen-bond donors (Lipinski definition) is 0. The molecule has 1 aliphatic carbocycles. The van der Waals surface area contributed by atoms with Crippen LogP contribution in [0.15, 0.2) is 47.6 Å². The Morgan fingerprint density at radius 1 is 0.778 bits per heavy atom. The van der Waals surface area contributed by atoms with Gasteiger partial charge in [0.2, 0.25) is 0 Å². The SMILES string of the molecule is Cc1cc(C)c(C(=O)C2=C(C(C)C)C=CC(C(=O)c3c(C)cc(C)cc3C)(C(C)C)C2P=O)c(C)c1. The van der Waals surface area contributed by atoms with Crippen LogP contribution in [0.25, 0.3) is 0 Å². The van der Waals surface area contributed by atoms with E-state index in [0.29, 0.717) is 16.7 Å². The van der Waals surface area contributed by atoms with Crippen molar-refractivity contribution in [1.82, 2.24) is 0 Å². The molecule has 0 radical (unpaired) electrons. The van der Waals surface area contributed by atoms with Crippen LogP contribution in [-0.4, -0.2) is 17.2 Å². The molecule has 0 N–H and O–H groups in total. The number of aryl methyl sites for hydroxylation is 6. The zero-order valence-corrected chi connectivity index (χ0v) is 24.3. The molecule has 2 atom stereocenters. The number of allylic oxidation sites excluding steroid dienone is 4. The highest BCUT2D eigenvalue weighted by atomic mass is 31.1. The van der Waals surface area contributed by atoms with Gasteiger partial charge in [0, 0.05) is 16.7 Å². The third-order valence-corrected chi connectivity index (χ3v) is 8.60. The quantitative estimate of drug-likeness (QED) is 0.282. The van der Waals surface area contributed by atoms with Gasteiger partial charge in [0.25, 0.3) is 0 Å². The molecule has 0 aromatic heterocycles. The summed E-state index contributed by atoms with van der Waals surface area (Å²) in [6.45, 7) is 19.9. The molecule has 3 nitrogen and oxygen atoms in total. The van der Waals surface area contributed by atoms with Crippen LogP contribution in [0.2, 0.25) is 0 Å². The third kappa shape index (κ3) is 4.59. The second-order valence-electron chi connectivity index (χ2n) is 11.2. The van der Waals surface area contributed by atoms with Gasteiger partial charge in [-0.15, -0.1) is 0 Å². The maximum Gasteiger partial charge on any atom is 0.190 e. The van der Waals surface area contributed by atoms with Crippen LogP contribution in [0.5, 0.6) is 0 Å². The van der Waals surface area contributed by atoms with Crippen molar-refractivity contribution in [1.29, 1.82) is 0 Å². The summed E-state index contributed by atoms with van der Waals surface area (Å²) in [7, 11) is -0.224. The van der Waals surface area contributed by atoms with Crippen molar-refractivity contribution in [3.63, 3.8) is 0 Å². The molecule has 0 heterocycles. The number of benzene rings is 2. The van der Waals surface area contributed by atoms with Crippen molar-refractivity contribution < 1.29 is 14.2 Å². The largest absolute Gasteiger partial charge is 0.293 e. The van der Waals surface area contributed by atoms with Gasteiger partial charge in [0.05, 0.1) is 11.1 Å². The first kappa shape index (κ1) is 27.9. The van der Waals surface area contributed by atoms with Crippen molar-refractivity contribution in [2.45, 2.75) is 74.9 Å². The first-order valence-corrected chi connectivity index (χ1v) is 13.7. The fraction of sp³-hybridized carbons (Fsp3) is 0.438. The standard InChI is InChI=1S/C32H39O3P/c1-17(2)25-11-12-32(18(3)4,30(34)27-23(9)15-20(6)16-24(27)10)31(36-35)28(25)29(33)26-21(7)13-19(5)14-22(26)8/h11-18,31H,1-10H3. The summed E-state index contributed by atoms with van der Waals surface area (Å²) < 4.78 is 13.1. The minimum atomic E-state index is -1.11. The van der Waals surface area contributed by atoms with E-state index < -0.39 is 11.1 Å². The van der Waals surface area contributed by atoms with Gasteiger partial charge in [-0.25, -0.2) is 0 Å². The zero-order valence-electron chi connectivity index (χ0n) is 23.4. The molecule has 3 rings (SSSR count). The third-order valence-electron chi connectivity index (χ3n) is 7.70. The van der Waals surface area contributed by atoms with E-state index in [1.165, 1.54) is 0 Å². The predicted molar refractivity (Wildman–Crippen MR) is 150 cm³/mol. The van der Waals surface area contributed by atoms with E-state index in [0.717, 1.165) is 39.0 Å². The number of carbonyl (C=O) groups excluding carboxylic acids is 2. The van der Waals surface area contributed by atoms with Gasteiger partial charge in [0.1, 0.15) is 0 Å². The van der Waals surface area contributed by atoms with Gasteiger partial charge >= 0.3 is 0 Å². The highest BCUT2D eigenvalue weighted by molar-refractivity contribution is 7.25. The van der Waals surface area contributed by atoms with Gasteiger partial charge in [-0.3, -0.25) is 14.2 Å². The Kier molecular flexibility index (Phi) is 8.06.